The van der Waals surface area contributed by atoms with Crippen molar-refractivity contribution < 1.29 is 14.3 Å². The molecule has 164 valence electrons. The third kappa shape index (κ3) is 4.36. The molecular weight excluding hydrogens is 400 g/mol. The van der Waals surface area contributed by atoms with Crippen molar-refractivity contribution in [2.75, 3.05) is 31.6 Å². The zero-order valence-electron chi connectivity index (χ0n) is 17.9. The highest BCUT2D eigenvalue weighted by molar-refractivity contribution is 6.07. The van der Waals surface area contributed by atoms with Crippen LogP contribution in [0, 0.1) is 13.8 Å². The lowest BCUT2D eigenvalue weighted by molar-refractivity contribution is 0.0295. The van der Waals surface area contributed by atoms with Gasteiger partial charge in [0.25, 0.3) is 11.8 Å². The van der Waals surface area contributed by atoms with Crippen LogP contribution in [0.5, 0.6) is 0 Å². The quantitative estimate of drug-likeness (QED) is 0.633. The SMILES string of the molecule is CCn1ncc(NC(=O)c2ccn(Cn3nc(C)cc3C)n2)c1C(=O)N1CCOCC1. The Hall–Kier alpha value is -3.47. The average molecular weight is 426 g/mol. The molecule has 0 bridgehead atoms. The first-order chi connectivity index (χ1) is 15.0. The Morgan fingerprint density at radius 1 is 1.16 bits per heavy atom. The highest BCUT2D eigenvalue weighted by atomic mass is 16.5. The summed E-state index contributed by atoms with van der Waals surface area (Å²) in [6, 6.07) is 3.62. The predicted molar refractivity (Wildman–Crippen MR) is 112 cm³/mol. The zero-order chi connectivity index (χ0) is 22.0. The van der Waals surface area contributed by atoms with E-state index in [-0.39, 0.29) is 11.6 Å². The van der Waals surface area contributed by atoms with Gasteiger partial charge in [0.15, 0.2) is 5.69 Å². The van der Waals surface area contributed by atoms with Gasteiger partial charge in [-0.1, -0.05) is 0 Å². The van der Waals surface area contributed by atoms with E-state index in [1.165, 1.54) is 6.20 Å². The van der Waals surface area contributed by atoms with Crippen molar-refractivity contribution in [1.82, 2.24) is 34.2 Å². The summed E-state index contributed by atoms with van der Waals surface area (Å²) in [5.41, 5.74) is 2.91. The van der Waals surface area contributed by atoms with Crippen molar-refractivity contribution in [3.8, 4) is 0 Å². The van der Waals surface area contributed by atoms with Gasteiger partial charge in [-0.3, -0.25) is 19.0 Å². The molecule has 2 amide bonds. The molecule has 0 saturated carbocycles. The van der Waals surface area contributed by atoms with E-state index in [0.29, 0.717) is 50.9 Å². The van der Waals surface area contributed by atoms with Crippen LogP contribution in [0.25, 0.3) is 0 Å². The minimum atomic E-state index is -0.404. The molecule has 1 saturated heterocycles. The van der Waals surface area contributed by atoms with Gasteiger partial charge in [0.2, 0.25) is 0 Å². The predicted octanol–water partition coefficient (Wildman–Crippen LogP) is 1.14. The number of anilines is 1. The smallest absolute Gasteiger partial charge is 0.276 e. The summed E-state index contributed by atoms with van der Waals surface area (Å²) in [6.45, 7) is 8.74. The number of nitrogens with one attached hydrogen (secondary N) is 1. The first-order valence-electron chi connectivity index (χ1n) is 10.2. The van der Waals surface area contributed by atoms with Crippen LogP contribution in [0.3, 0.4) is 0 Å². The summed E-state index contributed by atoms with van der Waals surface area (Å²) in [7, 11) is 0. The summed E-state index contributed by atoms with van der Waals surface area (Å²) < 4.78 is 10.4. The number of aromatic nitrogens is 6. The number of aryl methyl sites for hydroxylation is 3. The van der Waals surface area contributed by atoms with E-state index in [9.17, 15) is 9.59 Å². The summed E-state index contributed by atoms with van der Waals surface area (Å²) >= 11 is 0. The average Bonchev–Trinajstić information content (AvgIpc) is 3.47. The number of carbonyl (C=O) groups excluding carboxylic acids is 2. The molecule has 3 aromatic heterocycles. The van der Waals surface area contributed by atoms with E-state index < -0.39 is 5.91 Å². The number of morpholine rings is 1. The summed E-state index contributed by atoms with van der Waals surface area (Å²) in [4.78, 5) is 27.6. The molecule has 0 radical (unpaired) electrons. The van der Waals surface area contributed by atoms with Crippen LogP contribution in [0.2, 0.25) is 0 Å². The Labute approximate surface area is 179 Å². The van der Waals surface area contributed by atoms with Crippen LogP contribution in [0.15, 0.2) is 24.5 Å². The van der Waals surface area contributed by atoms with Crippen molar-refractivity contribution >= 4 is 17.5 Å². The van der Waals surface area contributed by atoms with E-state index in [0.717, 1.165) is 11.4 Å². The molecule has 4 heterocycles. The molecule has 31 heavy (non-hydrogen) atoms. The molecular formula is C20H26N8O3. The van der Waals surface area contributed by atoms with E-state index in [1.807, 2.05) is 31.5 Å². The molecule has 11 heteroatoms. The third-order valence-corrected chi connectivity index (χ3v) is 5.14. The first-order valence-corrected chi connectivity index (χ1v) is 10.2. The first kappa shape index (κ1) is 20.8. The fourth-order valence-corrected chi connectivity index (χ4v) is 3.56. The maximum atomic E-state index is 13.0. The standard InChI is InChI=1S/C20H26N8O3/c1-4-27-18(20(30)25-7-9-31-10-8-25)17(12-21-27)22-19(29)16-5-6-26(24-16)13-28-15(3)11-14(2)23-28/h5-6,11-12H,4,7-10,13H2,1-3H3,(H,22,29). The molecule has 0 aromatic carbocycles. The van der Waals surface area contributed by atoms with Crippen molar-refractivity contribution in [2.45, 2.75) is 34.0 Å². The molecule has 11 nitrogen and oxygen atoms in total. The lowest BCUT2D eigenvalue weighted by atomic mass is 10.2. The second-order valence-electron chi connectivity index (χ2n) is 7.39. The van der Waals surface area contributed by atoms with Gasteiger partial charge in [0.1, 0.15) is 12.4 Å². The van der Waals surface area contributed by atoms with Gasteiger partial charge in [-0.25, -0.2) is 4.68 Å². The molecule has 0 spiro atoms. The second kappa shape index (κ2) is 8.72. The van der Waals surface area contributed by atoms with Gasteiger partial charge in [-0.05, 0) is 32.9 Å². The number of carbonyl (C=O) groups is 2. The van der Waals surface area contributed by atoms with Crippen LogP contribution >= 0.6 is 0 Å². The number of hydrogen-bond donors (Lipinski definition) is 1. The van der Waals surface area contributed by atoms with Crippen LogP contribution in [0.1, 0.15) is 39.3 Å². The number of ether oxygens (including phenoxy) is 1. The normalized spacial score (nSPS) is 14.1. The molecule has 0 atom stereocenters. The molecule has 1 N–H and O–H groups in total. The maximum Gasteiger partial charge on any atom is 0.276 e. The van der Waals surface area contributed by atoms with Gasteiger partial charge >= 0.3 is 0 Å². The monoisotopic (exact) mass is 426 g/mol. The Kier molecular flexibility index (Phi) is 5.85. The Morgan fingerprint density at radius 2 is 1.94 bits per heavy atom. The van der Waals surface area contributed by atoms with Crippen molar-refractivity contribution in [3.63, 3.8) is 0 Å². The lowest BCUT2D eigenvalue weighted by Crippen LogP contribution is -2.41. The van der Waals surface area contributed by atoms with Gasteiger partial charge in [0.05, 0.1) is 30.8 Å². The highest BCUT2D eigenvalue weighted by Crippen LogP contribution is 2.19. The molecule has 1 aliphatic rings. The van der Waals surface area contributed by atoms with Crippen molar-refractivity contribution in [3.05, 3.63) is 47.3 Å². The molecule has 0 aliphatic carbocycles. The minimum absolute atomic E-state index is 0.173. The second-order valence-corrected chi connectivity index (χ2v) is 7.39. The Bertz CT molecular complexity index is 1090. The van der Waals surface area contributed by atoms with E-state index in [1.54, 1.807) is 26.5 Å². The Morgan fingerprint density at radius 3 is 2.61 bits per heavy atom. The fraction of sp³-hybridized carbons (Fsp3) is 0.450. The highest BCUT2D eigenvalue weighted by Gasteiger charge is 2.26. The van der Waals surface area contributed by atoms with Crippen LogP contribution in [0.4, 0.5) is 5.69 Å². The van der Waals surface area contributed by atoms with Gasteiger partial charge in [-0.2, -0.15) is 15.3 Å². The molecule has 4 rings (SSSR count). The topological polar surface area (TPSA) is 112 Å². The van der Waals surface area contributed by atoms with Gasteiger partial charge < -0.3 is 15.0 Å². The Balaban J connectivity index is 1.50. The summed E-state index contributed by atoms with van der Waals surface area (Å²) in [5.74, 6) is -0.577. The van der Waals surface area contributed by atoms with Gasteiger partial charge in [0, 0.05) is 31.5 Å². The number of nitrogens with zero attached hydrogens (tertiary/aromatic N) is 7. The third-order valence-electron chi connectivity index (χ3n) is 5.14. The molecule has 0 unspecified atom stereocenters. The minimum Gasteiger partial charge on any atom is -0.378 e. The lowest BCUT2D eigenvalue weighted by Gasteiger charge is -2.27. The van der Waals surface area contributed by atoms with Crippen LogP contribution in [-0.2, 0) is 18.0 Å². The molecule has 1 aliphatic heterocycles. The zero-order valence-corrected chi connectivity index (χ0v) is 17.9. The molecule has 3 aromatic rings. The van der Waals surface area contributed by atoms with Crippen LogP contribution in [-0.4, -0.2) is 72.4 Å². The van der Waals surface area contributed by atoms with Crippen LogP contribution < -0.4 is 5.32 Å². The van der Waals surface area contributed by atoms with E-state index in [4.69, 9.17) is 4.74 Å². The summed E-state index contributed by atoms with van der Waals surface area (Å²) in [5, 5.41) is 15.8. The van der Waals surface area contributed by atoms with Crippen molar-refractivity contribution in [1.29, 1.82) is 0 Å². The molecule has 1 fully saturated rings. The largest absolute Gasteiger partial charge is 0.378 e. The van der Waals surface area contributed by atoms with E-state index in [2.05, 4.69) is 20.6 Å². The maximum absolute atomic E-state index is 13.0. The number of amides is 2. The van der Waals surface area contributed by atoms with Gasteiger partial charge in [-0.15, -0.1) is 0 Å². The summed E-state index contributed by atoms with van der Waals surface area (Å²) in [6.07, 6.45) is 3.22. The number of rotatable bonds is 6. The number of hydrogen-bond acceptors (Lipinski definition) is 6. The van der Waals surface area contributed by atoms with Crippen molar-refractivity contribution in [2.24, 2.45) is 0 Å². The van der Waals surface area contributed by atoms with E-state index >= 15 is 0 Å². The fourth-order valence-electron chi connectivity index (χ4n) is 3.56.